The number of benzene rings is 2. The van der Waals surface area contributed by atoms with Crippen LogP contribution >= 0.6 is 0 Å². The molecular weight excluding hydrogens is 354 g/mol. The van der Waals surface area contributed by atoms with E-state index in [1.807, 2.05) is 12.1 Å². The number of ether oxygens (including phenoxy) is 2. The number of anilines is 1. The van der Waals surface area contributed by atoms with Crippen molar-refractivity contribution in [1.29, 1.82) is 0 Å². The summed E-state index contributed by atoms with van der Waals surface area (Å²) in [6.07, 6.45) is 0.671. The second-order valence-corrected chi connectivity index (χ2v) is 7.77. The maximum atomic E-state index is 11.6. The monoisotopic (exact) mass is 383 g/mol. The van der Waals surface area contributed by atoms with Gasteiger partial charge in [0.05, 0.1) is 18.9 Å². The highest BCUT2D eigenvalue weighted by molar-refractivity contribution is 5.96. The Kier molecular flexibility index (Phi) is 7.21. The number of nitrogens with one attached hydrogen (secondary N) is 1. The molecule has 0 atom stereocenters. The van der Waals surface area contributed by atoms with Crippen LogP contribution in [-0.4, -0.2) is 24.9 Å². The number of hydrogen-bond donors (Lipinski definition) is 1. The van der Waals surface area contributed by atoms with E-state index < -0.39 is 0 Å². The van der Waals surface area contributed by atoms with Gasteiger partial charge >= 0.3 is 0 Å². The molecule has 0 radical (unpaired) electrons. The molecule has 2 aromatic rings. The predicted octanol–water partition coefficient (Wildman–Crippen LogP) is 4.99. The molecule has 0 saturated heterocycles. The molecule has 1 N–H and O–H groups in total. The lowest BCUT2D eigenvalue weighted by atomic mass is 9.87. The minimum Gasteiger partial charge on any atom is -0.493 e. The summed E-state index contributed by atoms with van der Waals surface area (Å²) in [5, 5.41) is 2.72. The van der Waals surface area contributed by atoms with Crippen molar-refractivity contribution in [2.24, 2.45) is 0 Å². The summed E-state index contributed by atoms with van der Waals surface area (Å²) in [6, 6.07) is 13.1. The summed E-state index contributed by atoms with van der Waals surface area (Å²) in [6.45, 7) is 10.4. The van der Waals surface area contributed by atoms with Gasteiger partial charge in [-0.05, 0) is 48.2 Å². The van der Waals surface area contributed by atoms with Crippen LogP contribution in [0.25, 0.3) is 0 Å². The van der Waals surface area contributed by atoms with Gasteiger partial charge in [0.1, 0.15) is 11.5 Å². The average Bonchev–Trinajstić information content (AvgIpc) is 2.61. The van der Waals surface area contributed by atoms with Crippen molar-refractivity contribution in [2.75, 3.05) is 18.5 Å². The van der Waals surface area contributed by atoms with E-state index >= 15 is 0 Å². The zero-order valence-corrected chi connectivity index (χ0v) is 17.3. The van der Waals surface area contributed by atoms with Crippen LogP contribution in [0.15, 0.2) is 42.5 Å². The lowest BCUT2D eigenvalue weighted by Crippen LogP contribution is -2.11. The van der Waals surface area contributed by atoms with Crippen molar-refractivity contribution in [1.82, 2.24) is 0 Å². The van der Waals surface area contributed by atoms with Gasteiger partial charge in [0.2, 0.25) is 5.91 Å². The zero-order valence-electron chi connectivity index (χ0n) is 17.3. The van der Waals surface area contributed by atoms with Crippen LogP contribution in [0.2, 0.25) is 0 Å². The number of rotatable bonds is 8. The first kappa shape index (κ1) is 21.5. The number of carbonyl (C=O) groups excluding carboxylic acids is 2. The van der Waals surface area contributed by atoms with Crippen molar-refractivity contribution in [2.45, 2.75) is 46.5 Å². The molecular formula is C23H29NO4. The molecule has 0 aromatic heterocycles. The van der Waals surface area contributed by atoms with Crippen LogP contribution in [-0.2, 0) is 10.2 Å². The second kappa shape index (κ2) is 9.40. The van der Waals surface area contributed by atoms with E-state index in [0.29, 0.717) is 36.6 Å². The van der Waals surface area contributed by atoms with Gasteiger partial charge in [-0.3, -0.25) is 9.59 Å². The van der Waals surface area contributed by atoms with Crippen molar-refractivity contribution in [3.8, 4) is 11.5 Å². The maximum Gasteiger partial charge on any atom is 0.221 e. The van der Waals surface area contributed by atoms with E-state index in [2.05, 4.69) is 38.2 Å². The van der Waals surface area contributed by atoms with Crippen LogP contribution in [0.1, 0.15) is 57.0 Å². The Balaban J connectivity index is 1.88. The third-order valence-electron chi connectivity index (χ3n) is 4.23. The SMILES string of the molecule is CC(=O)Nc1ccc(C(C)=O)cc1OCCCOc1ccc(C(C)(C)C)cc1. The molecule has 0 bridgehead atoms. The standard InChI is InChI=1S/C23H29NO4/c1-16(25)18-7-12-21(24-17(2)26)22(15-18)28-14-6-13-27-20-10-8-19(9-11-20)23(3,4)5/h7-12,15H,6,13-14H2,1-5H3,(H,24,26). The Morgan fingerprint density at radius 3 is 2.14 bits per heavy atom. The lowest BCUT2D eigenvalue weighted by Gasteiger charge is -2.19. The molecule has 5 nitrogen and oxygen atoms in total. The Morgan fingerprint density at radius 2 is 1.57 bits per heavy atom. The lowest BCUT2D eigenvalue weighted by molar-refractivity contribution is -0.114. The molecule has 2 aromatic carbocycles. The third-order valence-corrected chi connectivity index (χ3v) is 4.23. The molecule has 1 amide bonds. The summed E-state index contributed by atoms with van der Waals surface area (Å²) in [4.78, 5) is 22.9. The van der Waals surface area contributed by atoms with Crippen LogP contribution in [0, 0.1) is 0 Å². The Hall–Kier alpha value is -2.82. The van der Waals surface area contributed by atoms with Crippen LogP contribution in [0.3, 0.4) is 0 Å². The highest BCUT2D eigenvalue weighted by Gasteiger charge is 2.13. The summed E-state index contributed by atoms with van der Waals surface area (Å²) < 4.78 is 11.5. The van der Waals surface area contributed by atoms with Crippen LogP contribution < -0.4 is 14.8 Å². The predicted molar refractivity (Wildman–Crippen MR) is 111 cm³/mol. The van der Waals surface area contributed by atoms with Gasteiger partial charge in [-0.1, -0.05) is 32.9 Å². The maximum absolute atomic E-state index is 11.6. The molecule has 0 fully saturated rings. The van der Waals surface area contributed by atoms with Gasteiger partial charge in [0.15, 0.2) is 5.78 Å². The largest absolute Gasteiger partial charge is 0.493 e. The molecule has 0 aliphatic carbocycles. The summed E-state index contributed by atoms with van der Waals surface area (Å²) in [7, 11) is 0. The molecule has 0 heterocycles. The van der Waals surface area contributed by atoms with Gasteiger partial charge < -0.3 is 14.8 Å². The smallest absolute Gasteiger partial charge is 0.221 e. The van der Waals surface area contributed by atoms with Crippen molar-refractivity contribution in [3.05, 3.63) is 53.6 Å². The summed E-state index contributed by atoms with van der Waals surface area (Å²) >= 11 is 0. The number of Topliss-reactive ketones (excluding diaryl/α,β-unsaturated/α-hetero) is 1. The molecule has 2 rings (SSSR count). The van der Waals surface area contributed by atoms with E-state index in [4.69, 9.17) is 9.47 Å². The summed E-state index contributed by atoms with van der Waals surface area (Å²) in [5.74, 6) is 1.06. The minimum absolute atomic E-state index is 0.0544. The van der Waals surface area contributed by atoms with Gasteiger partial charge in [0, 0.05) is 18.9 Å². The normalized spacial score (nSPS) is 11.0. The molecule has 28 heavy (non-hydrogen) atoms. The van der Waals surface area contributed by atoms with E-state index in [0.717, 1.165) is 5.75 Å². The Bertz CT molecular complexity index is 819. The fraction of sp³-hybridized carbons (Fsp3) is 0.391. The topological polar surface area (TPSA) is 64.6 Å². The van der Waals surface area contributed by atoms with Crippen molar-refractivity contribution >= 4 is 17.4 Å². The molecule has 0 aliphatic heterocycles. The fourth-order valence-electron chi connectivity index (χ4n) is 2.64. The first-order valence-electron chi connectivity index (χ1n) is 9.45. The summed E-state index contributed by atoms with van der Waals surface area (Å²) in [5.41, 5.74) is 2.47. The third kappa shape index (κ3) is 6.41. The fourth-order valence-corrected chi connectivity index (χ4v) is 2.64. The number of carbonyl (C=O) groups is 2. The van der Waals surface area contributed by atoms with E-state index in [1.54, 1.807) is 18.2 Å². The van der Waals surface area contributed by atoms with E-state index in [9.17, 15) is 9.59 Å². The van der Waals surface area contributed by atoms with Gasteiger partial charge in [0.25, 0.3) is 0 Å². The quantitative estimate of drug-likeness (QED) is 0.515. The average molecular weight is 383 g/mol. The van der Waals surface area contributed by atoms with Gasteiger partial charge in [-0.2, -0.15) is 0 Å². The Morgan fingerprint density at radius 1 is 0.929 bits per heavy atom. The Labute approximate surface area is 167 Å². The minimum atomic E-state index is -0.192. The molecule has 0 unspecified atom stereocenters. The second-order valence-electron chi connectivity index (χ2n) is 7.77. The molecule has 150 valence electrons. The van der Waals surface area contributed by atoms with E-state index in [-0.39, 0.29) is 17.1 Å². The van der Waals surface area contributed by atoms with Gasteiger partial charge in [-0.15, -0.1) is 0 Å². The van der Waals surface area contributed by atoms with Gasteiger partial charge in [-0.25, -0.2) is 0 Å². The number of amides is 1. The molecule has 0 spiro atoms. The first-order chi connectivity index (χ1) is 13.2. The highest BCUT2D eigenvalue weighted by atomic mass is 16.5. The molecule has 0 aliphatic rings. The highest BCUT2D eigenvalue weighted by Crippen LogP contribution is 2.27. The van der Waals surface area contributed by atoms with E-state index in [1.165, 1.54) is 19.4 Å². The number of hydrogen-bond acceptors (Lipinski definition) is 4. The zero-order chi connectivity index (χ0) is 20.7. The molecule has 0 saturated carbocycles. The molecule has 5 heteroatoms. The van der Waals surface area contributed by atoms with Crippen molar-refractivity contribution < 1.29 is 19.1 Å². The number of ketones is 1. The van der Waals surface area contributed by atoms with Crippen molar-refractivity contribution in [3.63, 3.8) is 0 Å². The van der Waals surface area contributed by atoms with Crippen LogP contribution in [0.4, 0.5) is 5.69 Å². The first-order valence-corrected chi connectivity index (χ1v) is 9.45. The van der Waals surface area contributed by atoms with Crippen LogP contribution in [0.5, 0.6) is 11.5 Å².